The molecule has 1 aliphatic heterocycles. The molecule has 0 aromatic carbocycles. The summed E-state index contributed by atoms with van der Waals surface area (Å²) in [5, 5.41) is 0. The molecule has 0 aliphatic carbocycles. The maximum Gasteiger partial charge on any atom is 0.0768 e. The van der Waals surface area contributed by atoms with E-state index in [0.29, 0.717) is 10.9 Å². The van der Waals surface area contributed by atoms with Gasteiger partial charge in [-0.3, -0.25) is 0 Å². The molecule has 0 spiro atoms. The van der Waals surface area contributed by atoms with E-state index in [4.69, 9.17) is 18.0 Å². The summed E-state index contributed by atoms with van der Waals surface area (Å²) in [6, 6.07) is 0. The Labute approximate surface area is 85.9 Å². The van der Waals surface area contributed by atoms with Gasteiger partial charge in [-0.05, 0) is 7.05 Å². The molecule has 1 unspecified atom stereocenters. The van der Waals surface area contributed by atoms with Crippen LogP contribution >= 0.6 is 12.2 Å². The average molecular weight is 201 g/mol. The second-order valence-corrected chi connectivity index (χ2v) is 4.38. The Morgan fingerprint density at radius 2 is 1.92 bits per heavy atom. The van der Waals surface area contributed by atoms with Crippen LogP contribution in [0.4, 0.5) is 0 Å². The molecule has 0 amide bonds. The third-order valence-corrected chi connectivity index (χ3v) is 3.02. The second-order valence-electron chi connectivity index (χ2n) is 3.91. The molecular weight excluding hydrogens is 182 g/mol. The largest absolute Gasteiger partial charge is 0.393 e. The maximum atomic E-state index is 5.57. The summed E-state index contributed by atoms with van der Waals surface area (Å²) in [6.07, 6.45) is 0. The highest BCUT2D eigenvalue weighted by atomic mass is 32.1. The van der Waals surface area contributed by atoms with Gasteiger partial charge in [-0.1, -0.05) is 19.1 Å². The van der Waals surface area contributed by atoms with Gasteiger partial charge in [0.15, 0.2) is 0 Å². The molecule has 76 valence electrons. The topological polar surface area (TPSA) is 32.5 Å². The summed E-state index contributed by atoms with van der Waals surface area (Å²) in [7, 11) is 2.16. The molecular formula is C9H19N3S. The Balaban J connectivity index is 2.26. The normalized spacial score (nSPS) is 22.9. The van der Waals surface area contributed by atoms with Crippen molar-refractivity contribution in [3.8, 4) is 0 Å². The Kier molecular flexibility index (Phi) is 4.09. The zero-order chi connectivity index (χ0) is 9.84. The molecule has 1 fully saturated rings. The third-order valence-electron chi connectivity index (χ3n) is 2.61. The summed E-state index contributed by atoms with van der Waals surface area (Å²) in [4.78, 5) is 5.42. The smallest absolute Gasteiger partial charge is 0.0768 e. The molecule has 1 atom stereocenters. The van der Waals surface area contributed by atoms with Crippen LogP contribution < -0.4 is 5.73 Å². The van der Waals surface area contributed by atoms with Crippen molar-refractivity contribution in [2.45, 2.75) is 6.92 Å². The van der Waals surface area contributed by atoms with Crippen LogP contribution in [0.1, 0.15) is 6.92 Å². The molecule has 0 radical (unpaired) electrons. The van der Waals surface area contributed by atoms with Crippen LogP contribution in [0.3, 0.4) is 0 Å². The molecule has 1 saturated heterocycles. The first-order valence-electron chi connectivity index (χ1n) is 4.80. The van der Waals surface area contributed by atoms with E-state index in [1.54, 1.807) is 0 Å². The van der Waals surface area contributed by atoms with Crippen LogP contribution in [0.5, 0.6) is 0 Å². The van der Waals surface area contributed by atoms with E-state index >= 15 is 0 Å². The zero-order valence-corrected chi connectivity index (χ0v) is 9.31. The molecule has 0 aromatic heterocycles. The molecule has 13 heavy (non-hydrogen) atoms. The fourth-order valence-corrected chi connectivity index (χ4v) is 1.58. The third kappa shape index (κ3) is 3.58. The molecule has 1 heterocycles. The number of piperazine rings is 1. The molecule has 2 N–H and O–H groups in total. The Morgan fingerprint density at radius 3 is 2.38 bits per heavy atom. The summed E-state index contributed by atoms with van der Waals surface area (Å²) in [5.74, 6) is 0.346. The molecule has 0 aromatic rings. The standard InChI is InChI=1S/C9H19N3S/c1-8(9(10)13)7-12-5-3-11(2)4-6-12/h8H,3-7H2,1-2H3,(H2,10,13). The number of rotatable bonds is 3. The van der Waals surface area contributed by atoms with Crippen molar-refractivity contribution < 1.29 is 0 Å². The number of nitrogens with two attached hydrogens (primary N) is 1. The SMILES string of the molecule is CC(CN1CCN(C)CC1)C(N)=S. The highest BCUT2D eigenvalue weighted by Crippen LogP contribution is 2.04. The van der Waals surface area contributed by atoms with Gasteiger partial charge in [0.25, 0.3) is 0 Å². The lowest BCUT2D eigenvalue weighted by Gasteiger charge is -2.33. The molecule has 0 bridgehead atoms. The quantitative estimate of drug-likeness (QED) is 0.659. The summed E-state index contributed by atoms with van der Waals surface area (Å²) in [5.41, 5.74) is 5.57. The summed E-state index contributed by atoms with van der Waals surface area (Å²) >= 11 is 4.95. The fourth-order valence-electron chi connectivity index (χ4n) is 1.51. The maximum absolute atomic E-state index is 5.57. The van der Waals surface area contributed by atoms with Gasteiger partial charge in [0.05, 0.1) is 4.99 Å². The molecule has 0 saturated carbocycles. The van der Waals surface area contributed by atoms with Crippen molar-refractivity contribution in [3.63, 3.8) is 0 Å². The van der Waals surface area contributed by atoms with Gasteiger partial charge in [0.2, 0.25) is 0 Å². The van der Waals surface area contributed by atoms with Crippen molar-refractivity contribution in [2.75, 3.05) is 39.8 Å². The lowest BCUT2D eigenvalue weighted by molar-refractivity contribution is 0.148. The first-order chi connectivity index (χ1) is 6.09. The van der Waals surface area contributed by atoms with Gasteiger partial charge >= 0.3 is 0 Å². The van der Waals surface area contributed by atoms with E-state index in [1.807, 2.05) is 0 Å². The minimum Gasteiger partial charge on any atom is -0.393 e. The zero-order valence-electron chi connectivity index (χ0n) is 8.49. The minimum atomic E-state index is 0.346. The molecule has 3 nitrogen and oxygen atoms in total. The highest BCUT2D eigenvalue weighted by Gasteiger charge is 2.16. The van der Waals surface area contributed by atoms with Crippen LogP contribution in [0, 0.1) is 5.92 Å². The minimum absolute atomic E-state index is 0.346. The average Bonchev–Trinajstić information content (AvgIpc) is 2.08. The van der Waals surface area contributed by atoms with Gasteiger partial charge in [0.1, 0.15) is 0 Å². The van der Waals surface area contributed by atoms with Gasteiger partial charge in [-0.15, -0.1) is 0 Å². The van der Waals surface area contributed by atoms with E-state index in [-0.39, 0.29) is 0 Å². The van der Waals surface area contributed by atoms with Crippen LogP contribution in [0.15, 0.2) is 0 Å². The van der Waals surface area contributed by atoms with Crippen molar-refractivity contribution in [1.82, 2.24) is 9.80 Å². The van der Waals surface area contributed by atoms with Crippen molar-refractivity contribution >= 4 is 17.2 Å². The lowest BCUT2D eigenvalue weighted by Crippen LogP contribution is -2.46. The first-order valence-corrected chi connectivity index (χ1v) is 5.20. The van der Waals surface area contributed by atoms with E-state index in [9.17, 15) is 0 Å². The van der Waals surface area contributed by atoms with E-state index in [1.165, 1.54) is 0 Å². The Morgan fingerprint density at radius 1 is 1.38 bits per heavy atom. The lowest BCUT2D eigenvalue weighted by atomic mass is 10.1. The highest BCUT2D eigenvalue weighted by molar-refractivity contribution is 7.80. The predicted octanol–water partition coefficient (Wildman–Crippen LogP) is 0.156. The van der Waals surface area contributed by atoms with Crippen molar-refractivity contribution in [1.29, 1.82) is 0 Å². The fraction of sp³-hybridized carbons (Fsp3) is 0.889. The molecule has 4 heteroatoms. The number of thiocarbonyl (C=S) groups is 1. The Hall–Kier alpha value is -0.190. The van der Waals surface area contributed by atoms with E-state index < -0.39 is 0 Å². The van der Waals surface area contributed by atoms with Crippen molar-refractivity contribution in [3.05, 3.63) is 0 Å². The molecule has 1 aliphatic rings. The van der Waals surface area contributed by atoms with Gasteiger partial charge in [-0.25, -0.2) is 0 Å². The first kappa shape index (κ1) is 10.9. The van der Waals surface area contributed by atoms with Gasteiger partial charge < -0.3 is 15.5 Å². The second kappa shape index (κ2) is 4.88. The summed E-state index contributed by atoms with van der Waals surface area (Å²) in [6.45, 7) is 7.71. The number of likely N-dealkylation sites (N-methyl/N-ethyl adjacent to an activating group) is 1. The number of nitrogens with zero attached hydrogens (tertiary/aromatic N) is 2. The molecule has 1 rings (SSSR count). The predicted molar refractivity (Wildman–Crippen MR) is 59.9 cm³/mol. The van der Waals surface area contributed by atoms with Crippen molar-refractivity contribution in [2.24, 2.45) is 11.7 Å². The van der Waals surface area contributed by atoms with Crippen LogP contribution in [-0.4, -0.2) is 54.6 Å². The van der Waals surface area contributed by atoms with Crippen LogP contribution in [-0.2, 0) is 0 Å². The van der Waals surface area contributed by atoms with Gasteiger partial charge in [0, 0.05) is 38.6 Å². The Bertz CT molecular complexity index is 176. The summed E-state index contributed by atoms with van der Waals surface area (Å²) < 4.78 is 0. The van der Waals surface area contributed by atoms with E-state index in [2.05, 4.69) is 23.8 Å². The number of hydrogen-bond acceptors (Lipinski definition) is 3. The van der Waals surface area contributed by atoms with E-state index in [0.717, 1.165) is 32.7 Å². The van der Waals surface area contributed by atoms with Crippen LogP contribution in [0.25, 0.3) is 0 Å². The number of hydrogen-bond donors (Lipinski definition) is 1. The van der Waals surface area contributed by atoms with Gasteiger partial charge in [-0.2, -0.15) is 0 Å². The monoisotopic (exact) mass is 201 g/mol. The van der Waals surface area contributed by atoms with Crippen LogP contribution in [0.2, 0.25) is 0 Å².